The van der Waals surface area contributed by atoms with Crippen LogP contribution < -0.4 is 10.9 Å². The average Bonchev–Trinajstić information content (AvgIpc) is 2.47. The van der Waals surface area contributed by atoms with Crippen LogP contribution in [-0.4, -0.2) is 5.91 Å². The van der Waals surface area contributed by atoms with Crippen LogP contribution >= 0.6 is 11.6 Å². The van der Waals surface area contributed by atoms with Gasteiger partial charge in [0.2, 0.25) is 0 Å². The zero-order valence-electron chi connectivity index (χ0n) is 10.2. The molecule has 20 heavy (non-hydrogen) atoms. The number of hydrogen-bond acceptors (Lipinski definition) is 3. The van der Waals surface area contributed by atoms with E-state index < -0.39 is 5.91 Å². The molecular formula is C13H10ClN5O. The highest BCUT2D eigenvalue weighted by atomic mass is 35.5. The van der Waals surface area contributed by atoms with Crippen molar-refractivity contribution in [2.24, 2.45) is 5.11 Å². The summed E-state index contributed by atoms with van der Waals surface area (Å²) in [7, 11) is 0. The summed E-state index contributed by atoms with van der Waals surface area (Å²) in [5, 5.41) is 4.08. The van der Waals surface area contributed by atoms with Crippen LogP contribution in [0.2, 0.25) is 5.02 Å². The summed E-state index contributed by atoms with van der Waals surface area (Å²) in [6.45, 7) is 0. The second-order valence-electron chi connectivity index (χ2n) is 3.79. The molecular weight excluding hydrogens is 278 g/mol. The fourth-order valence-corrected chi connectivity index (χ4v) is 1.66. The number of carbonyl (C=O) groups is 1. The first-order valence-corrected chi connectivity index (χ1v) is 6.04. The van der Waals surface area contributed by atoms with E-state index in [2.05, 4.69) is 20.9 Å². The number of amides is 1. The standard InChI is InChI=1S/C13H10ClN5O/c14-9-5-7-10(8-6-9)16-18-13(20)11-3-1-2-4-12(11)17-19-15/h1-8,16H,(H,18,20). The minimum atomic E-state index is -0.400. The van der Waals surface area contributed by atoms with Crippen molar-refractivity contribution in [1.29, 1.82) is 0 Å². The van der Waals surface area contributed by atoms with Gasteiger partial charge < -0.3 is 0 Å². The number of hydrogen-bond donors (Lipinski definition) is 2. The van der Waals surface area contributed by atoms with Crippen LogP contribution in [0, 0.1) is 0 Å². The maximum Gasteiger partial charge on any atom is 0.270 e. The van der Waals surface area contributed by atoms with Gasteiger partial charge in [0.1, 0.15) is 0 Å². The van der Waals surface area contributed by atoms with Crippen LogP contribution in [0.25, 0.3) is 10.4 Å². The third-order valence-electron chi connectivity index (χ3n) is 2.47. The van der Waals surface area contributed by atoms with Crippen molar-refractivity contribution in [2.75, 3.05) is 5.43 Å². The number of nitrogens with one attached hydrogen (secondary N) is 2. The van der Waals surface area contributed by atoms with Crippen molar-refractivity contribution in [1.82, 2.24) is 5.43 Å². The molecule has 0 saturated heterocycles. The molecule has 0 bridgehead atoms. The largest absolute Gasteiger partial charge is 0.298 e. The smallest absolute Gasteiger partial charge is 0.270 e. The van der Waals surface area contributed by atoms with Gasteiger partial charge in [0.05, 0.1) is 16.9 Å². The van der Waals surface area contributed by atoms with Crippen LogP contribution in [0.5, 0.6) is 0 Å². The third-order valence-corrected chi connectivity index (χ3v) is 2.72. The van der Waals surface area contributed by atoms with E-state index in [0.717, 1.165) is 0 Å². The summed E-state index contributed by atoms with van der Waals surface area (Å²) in [5.74, 6) is -0.400. The molecule has 0 radical (unpaired) electrons. The molecule has 0 aliphatic carbocycles. The molecule has 2 aromatic carbocycles. The quantitative estimate of drug-likeness (QED) is 0.384. The molecule has 0 aromatic heterocycles. The van der Waals surface area contributed by atoms with E-state index in [0.29, 0.717) is 10.7 Å². The first-order valence-electron chi connectivity index (χ1n) is 5.67. The zero-order valence-corrected chi connectivity index (χ0v) is 11.0. The molecule has 0 unspecified atom stereocenters. The Labute approximate surface area is 120 Å². The number of nitrogens with zero attached hydrogens (tertiary/aromatic N) is 3. The van der Waals surface area contributed by atoms with Gasteiger partial charge in [0.15, 0.2) is 0 Å². The van der Waals surface area contributed by atoms with Gasteiger partial charge in [-0.1, -0.05) is 34.9 Å². The van der Waals surface area contributed by atoms with E-state index >= 15 is 0 Å². The molecule has 100 valence electrons. The molecule has 0 spiro atoms. The van der Waals surface area contributed by atoms with Gasteiger partial charge in [-0.2, -0.15) is 0 Å². The Morgan fingerprint density at radius 2 is 1.85 bits per heavy atom. The molecule has 0 fully saturated rings. The zero-order chi connectivity index (χ0) is 14.4. The number of anilines is 1. The third kappa shape index (κ3) is 3.41. The molecule has 1 amide bonds. The Bertz CT molecular complexity index is 665. The fraction of sp³-hybridized carbons (Fsp3) is 0. The van der Waals surface area contributed by atoms with Crippen LogP contribution in [0.3, 0.4) is 0 Å². The molecule has 0 saturated carbocycles. The lowest BCUT2D eigenvalue weighted by Crippen LogP contribution is -2.29. The first-order chi connectivity index (χ1) is 9.70. The van der Waals surface area contributed by atoms with E-state index in [1.54, 1.807) is 48.5 Å². The maximum atomic E-state index is 12.0. The number of rotatable bonds is 4. The van der Waals surface area contributed by atoms with Gasteiger partial charge in [-0.25, -0.2) is 0 Å². The minimum absolute atomic E-state index is 0.269. The van der Waals surface area contributed by atoms with Gasteiger partial charge >= 0.3 is 0 Å². The van der Waals surface area contributed by atoms with E-state index in [1.165, 1.54) is 0 Å². The van der Waals surface area contributed by atoms with Crippen molar-refractivity contribution in [2.45, 2.75) is 0 Å². The van der Waals surface area contributed by atoms with Crippen molar-refractivity contribution in [3.63, 3.8) is 0 Å². The van der Waals surface area contributed by atoms with Crippen molar-refractivity contribution in [3.05, 3.63) is 69.6 Å². The van der Waals surface area contributed by atoms with Crippen molar-refractivity contribution in [3.8, 4) is 0 Å². The fourth-order valence-electron chi connectivity index (χ4n) is 1.53. The number of benzene rings is 2. The van der Waals surface area contributed by atoms with Crippen molar-refractivity contribution >= 4 is 28.9 Å². The SMILES string of the molecule is [N-]=[N+]=Nc1ccccc1C(=O)NNc1ccc(Cl)cc1. The van der Waals surface area contributed by atoms with Crippen LogP contribution in [0.1, 0.15) is 10.4 Å². The van der Waals surface area contributed by atoms with Crippen LogP contribution in [-0.2, 0) is 0 Å². The summed E-state index contributed by atoms with van der Waals surface area (Å²) in [5.41, 5.74) is 15.0. The Balaban J connectivity index is 2.09. The first kappa shape index (κ1) is 13.7. The molecule has 6 nitrogen and oxygen atoms in total. The number of azide groups is 1. The topological polar surface area (TPSA) is 89.9 Å². The van der Waals surface area contributed by atoms with Crippen molar-refractivity contribution < 1.29 is 4.79 Å². The van der Waals surface area contributed by atoms with Gasteiger partial charge in [0, 0.05) is 9.93 Å². The highest BCUT2D eigenvalue weighted by molar-refractivity contribution is 6.30. The van der Waals surface area contributed by atoms with Crippen LogP contribution in [0.4, 0.5) is 11.4 Å². The average molecular weight is 288 g/mol. The van der Waals surface area contributed by atoms with Gasteiger partial charge in [0.25, 0.3) is 5.91 Å². The summed E-state index contributed by atoms with van der Waals surface area (Å²) >= 11 is 5.76. The highest BCUT2D eigenvalue weighted by Gasteiger charge is 2.09. The molecule has 2 aromatic rings. The minimum Gasteiger partial charge on any atom is -0.298 e. The second-order valence-corrected chi connectivity index (χ2v) is 4.23. The lowest BCUT2D eigenvalue weighted by Gasteiger charge is -2.09. The predicted molar refractivity (Wildman–Crippen MR) is 77.8 cm³/mol. The second kappa shape index (κ2) is 6.47. The summed E-state index contributed by atoms with van der Waals surface area (Å²) in [6.07, 6.45) is 0. The summed E-state index contributed by atoms with van der Waals surface area (Å²) in [4.78, 5) is 14.7. The number of halogens is 1. The van der Waals surface area contributed by atoms with Gasteiger partial charge in [-0.05, 0) is 35.9 Å². The summed E-state index contributed by atoms with van der Waals surface area (Å²) in [6, 6.07) is 13.4. The molecule has 0 heterocycles. The Morgan fingerprint density at radius 1 is 1.15 bits per heavy atom. The lowest BCUT2D eigenvalue weighted by atomic mass is 10.2. The molecule has 0 aliphatic rings. The maximum absolute atomic E-state index is 12.0. The van der Waals surface area contributed by atoms with Gasteiger partial charge in [-0.15, -0.1) is 0 Å². The van der Waals surface area contributed by atoms with E-state index in [-0.39, 0.29) is 11.3 Å². The lowest BCUT2D eigenvalue weighted by molar-refractivity contribution is 0.0963. The Morgan fingerprint density at radius 3 is 2.55 bits per heavy atom. The Hall–Kier alpha value is -2.69. The monoisotopic (exact) mass is 287 g/mol. The van der Waals surface area contributed by atoms with E-state index in [9.17, 15) is 4.79 Å². The van der Waals surface area contributed by atoms with E-state index in [1.807, 2.05) is 0 Å². The molecule has 0 aliphatic heterocycles. The van der Waals surface area contributed by atoms with Gasteiger partial charge in [-0.3, -0.25) is 15.6 Å². The molecule has 0 atom stereocenters. The van der Waals surface area contributed by atoms with Crippen LogP contribution in [0.15, 0.2) is 53.6 Å². The summed E-state index contributed by atoms with van der Waals surface area (Å²) < 4.78 is 0. The normalized spacial score (nSPS) is 9.45. The molecule has 2 rings (SSSR count). The highest BCUT2D eigenvalue weighted by Crippen LogP contribution is 2.18. The number of hydrazine groups is 1. The predicted octanol–water partition coefficient (Wildman–Crippen LogP) is 4.04. The number of carbonyl (C=O) groups excluding carboxylic acids is 1. The molecule has 2 N–H and O–H groups in total. The van der Waals surface area contributed by atoms with E-state index in [4.69, 9.17) is 17.1 Å². The Kier molecular flexibility index (Phi) is 4.44. The molecule has 7 heteroatoms.